The number of imide groups is 1. The first kappa shape index (κ1) is 31.1. The van der Waals surface area contributed by atoms with E-state index in [2.05, 4.69) is 5.32 Å². The molecule has 0 aliphatic carbocycles. The van der Waals surface area contributed by atoms with Crippen LogP contribution in [0, 0.1) is 11.6 Å². The van der Waals surface area contributed by atoms with Crippen molar-refractivity contribution in [3.05, 3.63) is 59.7 Å². The van der Waals surface area contributed by atoms with Crippen LogP contribution in [-0.4, -0.2) is 108 Å². The van der Waals surface area contributed by atoms with E-state index in [0.29, 0.717) is 25.4 Å². The zero-order chi connectivity index (χ0) is 30.5. The van der Waals surface area contributed by atoms with E-state index in [1.54, 1.807) is 26.0 Å². The molecule has 1 unspecified atom stereocenters. The molecule has 0 spiro atoms. The Morgan fingerprint density at radius 1 is 1.00 bits per heavy atom. The lowest BCUT2D eigenvalue weighted by Gasteiger charge is -2.33. The zero-order valence-electron chi connectivity index (χ0n) is 23.9. The largest absolute Gasteiger partial charge is 0.492 e. The first-order valence-electron chi connectivity index (χ1n) is 13.5. The highest BCUT2D eigenvalue weighted by Gasteiger charge is 2.44. The Morgan fingerprint density at radius 3 is 2.36 bits per heavy atom. The number of amides is 4. The van der Waals surface area contributed by atoms with Crippen LogP contribution in [0.1, 0.15) is 19.4 Å². The van der Waals surface area contributed by atoms with Gasteiger partial charge in [0.1, 0.15) is 42.5 Å². The fourth-order valence-electron chi connectivity index (χ4n) is 4.91. The van der Waals surface area contributed by atoms with Crippen molar-refractivity contribution in [1.82, 2.24) is 20.0 Å². The van der Waals surface area contributed by atoms with E-state index in [0.717, 1.165) is 22.6 Å². The Hall–Kier alpha value is -3.81. The van der Waals surface area contributed by atoms with Crippen molar-refractivity contribution in [2.45, 2.75) is 31.5 Å². The summed E-state index contributed by atoms with van der Waals surface area (Å²) < 4.78 is 43.3. The molecule has 4 rings (SSSR count). The van der Waals surface area contributed by atoms with Crippen LogP contribution in [0.4, 0.5) is 13.6 Å². The minimum Gasteiger partial charge on any atom is -0.492 e. The second-order valence-electron chi connectivity index (χ2n) is 11.1. The van der Waals surface area contributed by atoms with Gasteiger partial charge in [0.25, 0.3) is 5.91 Å². The molecule has 2 heterocycles. The maximum absolute atomic E-state index is 13.7. The summed E-state index contributed by atoms with van der Waals surface area (Å²) in [4.78, 5) is 41.6. The summed E-state index contributed by atoms with van der Waals surface area (Å²) in [6, 6.07) is 9.95. The lowest BCUT2D eigenvalue weighted by atomic mass is 10.0. The number of benzene rings is 2. The number of β-amino-alcohol motifs (C(OH)–C–C–N with tert-alkyl or cyclic N) is 1. The molecule has 2 aromatic carbocycles. The van der Waals surface area contributed by atoms with Gasteiger partial charge in [-0.15, -0.1) is 0 Å². The van der Waals surface area contributed by atoms with Crippen LogP contribution in [0.3, 0.4) is 0 Å². The van der Waals surface area contributed by atoms with Crippen molar-refractivity contribution < 1.29 is 42.5 Å². The molecule has 13 heteroatoms. The van der Waals surface area contributed by atoms with Gasteiger partial charge >= 0.3 is 6.03 Å². The van der Waals surface area contributed by atoms with Gasteiger partial charge in [0, 0.05) is 39.4 Å². The Balaban J connectivity index is 1.37. The second-order valence-corrected chi connectivity index (χ2v) is 11.1. The first-order valence-corrected chi connectivity index (χ1v) is 13.5. The van der Waals surface area contributed by atoms with E-state index < -0.39 is 28.8 Å². The molecule has 11 nitrogen and oxygen atoms in total. The highest BCUT2D eigenvalue weighted by Crippen LogP contribution is 2.22. The molecule has 42 heavy (non-hydrogen) atoms. The molecule has 228 valence electrons. The number of aliphatic hydroxyl groups is 1. The number of halogens is 2. The summed E-state index contributed by atoms with van der Waals surface area (Å²) in [6.45, 7) is 4.51. The number of carbonyl (C=O) groups is 3. The smallest absolute Gasteiger partial charge is 0.325 e. The maximum Gasteiger partial charge on any atom is 0.325 e. The lowest BCUT2D eigenvalue weighted by molar-refractivity contribution is -0.138. The molecule has 0 radical (unpaired) electrons. The van der Waals surface area contributed by atoms with Gasteiger partial charge in [0.2, 0.25) is 5.91 Å². The number of ether oxygens (including phenoxy) is 3. The topological polar surface area (TPSA) is 121 Å². The van der Waals surface area contributed by atoms with E-state index in [4.69, 9.17) is 14.2 Å². The number of methoxy groups -OCH3 is 1. The van der Waals surface area contributed by atoms with Crippen LogP contribution < -0.4 is 14.8 Å². The number of nitrogens with zero attached hydrogens (tertiary/aromatic N) is 3. The van der Waals surface area contributed by atoms with Gasteiger partial charge in [-0.05, 0) is 43.7 Å². The normalized spacial score (nSPS) is 20.8. The third kappa shape index (κ3) is 7.72. The standard InChI is InChI=1S/C29H36F2N4O7/c1-28(2)26(37)35(27(38)32-28)12-13-41-21-6-4-20(5-7-21)15-33-10-11-34(25(36)16-40-3)18-29(39,17-33)19-42-22-8-9-23(30)24(31)14-22/h4-9,14,39H,10-13,15-19H2,1-3H3,(H,32,38). The number of nitrogens with one attached hydrogen (secondary N) is 1. The van der Waals surface area contributed by atoms with Crippen LogP contribution in [0.15, 0.2) is 42.5 Å². The van der Waals surface area contributed by atoms with E-state index in [1.807, 2.05) is 17.0 Å². The number of urea groups is 1. The number of hydrogen-bond donors (Lipinski definition) is 2. The second kappa shape index (κ2) is 13.0. The Kier molecular flexibility index (Phi) is 9.64. The molecule has 2 aliphatic heterocycles. The third-order valence-corrected chi connectivity index (χ3v) is 7.07. The van der Waals surface area contributed by atoms with Gasteiger partial charge in [-0.2, -0.15) is 0 Å². The summed E-state index contributed by atoms with van der Waals surface area (Å²) >= 11 is 0. The van der Waals surface area contributed by atoms with Crippen molar-refractivity contribution in [2.75, 3.05) is 59.7 Å². The highest BCUT2D eigenvalue weighted by atomic mass is 19.2. The fourth-order valence-corrected chi connectivity index (χ4v) is 4.91. The van der Waals surface area contributed by atoms with Crippen molar-refractivity contribution in [1.29, 1.82) is 0 Å². The average molecular weight is 591 g/mol. The van der Waals surface area contributed by atoms with Crippen molar-refractivity contribution in [3.8, 4) is 11.5 Å². The highest BCUT2D eigenvalue weighted by molar-refractivity contribution is 6.06. The molecular weight excluding hydrogens is 554 g/mol. The quantitative estimate of drug-likeness (QED) is 0.380. The molecule has 0 bridgehead atoms. The van der Waals surface area contributed by atoms with E-state index >= 15 is 0 Å². The monoisotopic (exact) mass is 590 g/mol. The maximum atomic E-state index is 13.7. The van der Waals surface area contributed by atoms with E-state index in [-0.39, 0.29) is 57.0 Å². The summed E-state index contributed by atoms with van der Waals surface area (Å²) in [6.07, 6.45) is 0. The Morgan fingerprint density at radius 2 is 1.71 bits per heavy atom. The average Bonchev–Trinajstić information content (AvgIpc) is 3.04. The molecule has 1 atom stereocenters. The molecule has 2 aromatic rings. The Labute approximate surface area is 242 Å². The molecule has 0 aromatic heterocycles. The lowest BCUT2D eigenvalue weighted by Crippen LogP contribution is -2.52. The van der Waals surface area contributed by atoms with Crippen LogP contribution in [0.5, 0.6) is 11.5 Å². The van der Waals surface area contributed by atoms with E-state index in [1.165, 1.54) is 18.1 Å². The molecule has 4 amide bonds. The minimum absolute atomic E-state index is 0.0309. The molecule has 2 fully saturated rings. The van der Waals surface area contributed by atoms with Gasteiger partial charge in [-0.3, -0.25) is 19.4 Å². The molecule has 2 saturated heterocycles. The van der Waals surface area contributed by atoms with Gasteiger partial charge < -0.3 is 29.5 Å². The van der Waals surface area contributed by atoms with Gasteiger partial charge in [-0.25, -0.2) is 13.6 Å². The molecule has 0 saturated carbocycles. The third-order valence-electron chi connectivity index (χ3n) is 7.07. The fraction of sp³-hybridized carbons (Fsp3) is 0.483. The number of rotatable bonds is 11. The number of carbonyl (C=O) groups excluding carboxylic acids is 3. The Bertz CT molecular complexity index is 1290. The summed E-state index contributed by atoms with van der Waals surface area (Å²) in [5.41, 5.74) is -1.53. The zero-order valence-corrected chi connectivity index (χ0v) is 23.9. The molecule has 2 N–H and O–H groups in total. The van der Waals surface area contributed by atoms with Crippen molar-refractivity contribution >= 4 is 17.8 Å². The first-order chi connectivity index (χ1) is 19.9. The van der Waals surface area contributed by atoms with Crippen LogP contribution in [0.25, 0.3) is 0 Å². The SMILES string of the molecule is COCC(=O)N1CCN(Cc2ccc(OCCN3C(=O)NC(C)(C)C3=O)cc2)CC(O)(COc2ccc(F)c(F)c2)C1. The molecular formula is C29H36F2N4O7. The number of hydrogen-bond acceptors (Lipinski definition) is 8. The van der Waals surface area contributed by atoms with Crippen molar-refractivity contribution in [2.24, 2.45) is 0 Å². The summed E-state index contributed by atoms with van der Waals surface area (Å²) in [5.74, 6) is -2.04. The van der Waals surface area contributed by atoms with Gasteiger partial charge in [0.15, 0.2) is 11.6 Å². The minimum atomic E-state index is -1.51. The van der Waals surface area contributed by atoms with Crippen LogP contribution in [-0.2, 0) is 20.9 Å². The van der Waals surface area contributed by atoms with Crippen LogP contribution in [0.2, 0.25) is 0 Å². The van der Waals surface area contributed by atoms with E-state index in [9.17, 15) is 28.3 Å². The van der Waals surface area contributed by atoms with Crippen LogP contribution >= 0.6 is 0 Å². The predicted molar refractivity (Wildman–Crippen MR) is 147 cm³/mol. The predicted octanol–water partition coefficient (Wildman–Crippen LogP) is 1.77. The molecule has 2 aliphatic rings. The van der Waals surface area contributed by atoms with Crippen molar-refractivity contribution in [3.63, 3.8) is 0 Å². The van der Waals surface area contributed by atoms with Gasteiger partial charge in [-0.1, -0.05) is 12.1 Å². The van der Waals surface area contributed by atoms with Gasteiger partial charge in [0.05, 0.1) is 13.1 Å². The summed E-state index contributed by atoms with van der Waals surface area (Å²) in [5, 5.41) is 14.2. The summed E-state index contributed by atoms with van der Waals surface area (Å²) in [7, 11) is 1.41.